The number of hydrazone groups is 1. The molecular formula is C21H22ClN5OS. The SMILES string of the molecule is CC(C)=NNc1nc2c(N3CCN(C(=O)c4ccccc4)CC3)c(Cl)ccc2s1. The van der Waals surface area contributed by atoms with Crippen LogP contribution in [0, 0.1) is 0 Å². The summed E-state index contributed by atoms with van der Waals surface area (Å²) in [4.78, 5) is 21.5. The topological polar surface area (TPSA) is 60.8 Å². The molecular weight excluding hydrogens is 406 g/mol. The average molecular weight is 428 g/mol. The van der Waals surface area contributed by atoms with Crippen molar-refractivity contribution in [3.8, 4) is 0 Å². The van der Waals surface area contributed by atoms with Crippen LogP contribution < -0.4 is 10.3 Å². The molecule has 1 aromatic heterocycles. The molecule has 1 aliphatic heterocycles. The van der Waals surface area contributed by atoms with Gasteiger partial charge in [0.2, 0.25) is 5.13 Å². The Labute approximate surface area is 178 Å². The van der Waals surface area contributed by atoms with Crippen LogP contribution in [0.4, 0.5) is 10.8 Å². The van der Waals surface area contributed by atoms with Gasteiger partial charge >= 0.3 is 0 Å². The van der Waals surface area contributed by atoms with E-state index in [1.165, 1.54) is 0 Å². The quantitative estimate of drug-likeness (QED) is 0.483. The maximum atomic E-state index is 12.7. The first-order valence-corrected chi connectivity index (χ1v) is 10.7. The molecule has 0 spiro atoms. The van der Waals surface area contributed by atoms with Crippen LogP contribution in [0.5, 0.6) is 0 Å². The Hall–Kier alpha value is -2.64. The Morgan fingerprint density at radius 1 is 1.10 bits per heavy atom. The standard InChI is InChI=1S/C21H22ClN5OS/c1-14(2)24-25-21-23-18-17(29-21)9-8-16(22)19(18)26-10-12-27(13-11-26)20(28)15-6-4-3-5-7-15/h3-9H,10-13H2,1-2H3,(H,23,25). The van der Waals surface area contributed by atoms with Gasteiger partial charge in [0.15, 0.2) is 0 Å². The highest BCUT2D eigenvalue weighted by atomic mass is 35.5. The number of fused-ring (bicyclic) bond motifs is 1. The van der Waals surface area contributed by atoms with Crippen molar-refractivity contribution in [3.63, 3.8) is 0 Å². The lowest BCUT2D eigenvalue weighted by atomic mass is 10.1. The molecule has 1 N–H and O–H groups in total. The number of nitrogens with one attached hydrogen (secondary N) is 1. The van der Waals surface area contributed by atoms with Crippen molar-refractivity contribution in [2.75, 3.05) is 36.5 Å². The van der Waals surface area contributed by atoms with Crippen LogP contribution in [0.2, 0.25) is 5.02 Å². The van der Waals surface area contributed by atoms with Gasteiger partial charge in [-0.2, -0.15) is 5.10 Å². The van der Waals surface area contributed by atoms with Gasteiger partial charge < -0.3 is 9.80 Å². The Morgan fingerprint density at radius 2 is 1.83 bits per heavy atom. The number of aromatic nitrogens is 1. The molecule has 0 aliphatic carbocycles. The Morgan fingerprint density at radius 3 is 2.52 bits per heavy atom. The van der Waals surface area contributed by atoms with Crippen LogP contribution in [-0.2, 0) is 0 Å². The van der Waals surface area contributed by atoms with Gasteiger partial charge in [-0.15, -0.1) is 0 Å². The first-order chi connectivity index (χ1) is 14.0. The fourth-order valence-corrected chi connectivity index (χ4v) is 4.44. The van der Waals surface area contributed by atoms with E-state index in [0.29, 0.717) is 31.2 Å². The van der Waals surface area contributed by atoms with Gasteiger partial charge in [0.25, 0.3) is 5.91 Å². The number of amides is 1. The predicted octanol–water partition coefficient (Wildman–Crippen LogP) is 4.72. The Bertz CT molecular complexity index is 1050. The summed E-state index contributed by atoms with van der Waals surface area (Å²) in [6.45, 7) is 6.58. The van der Waals surface area contributed by atoms with Crippen LogP contribution in [0.1, 0.15) is 24.2 Å². The van der Waals surface area contributed by atoms with Gasteiger partial charge in [0, 0.05) is 37.5 Å². The Kier molecular flexibility index (Phi) is 5.69. The second-order valence-electron chi connectivity index (χ2n) is 7.08. The number of nitrogens with zero attached hydrogens (tertiary/aromatic N) is 4. The van der Waals surface area contributed by atoms with Crippen LogP contribution in [0.15, 0.2) is 47.6 Å². The molecule has 0 bridgehead atoms. The molecule has 0 saturated carbocycles. The van der Waals surface area contributed by atoms with E-state index >= 15 is 0 Å². The van der Waals surface area contributed by atoms with Crippen molar-refractivity contribution in [1.29, 1.82) is 0 Å². The molecule has 2 aromatic carbocycles. The van der Waals surface area contributed by atoms with Gasteiger partial charge in [-0.3, -0.25) is 10.2 Å². The lowest BCUT2D eigenvalue weighted by Crippen LogP contribution is -2.49. The van der Waals surface area contributed by atoms with E-state index in [2.05, 4.69) is 15.4 Å². The number of hydrogen-bond acceptors (Lipinski definition) is 6. The minimum Gasteiger partial charge on any atom is -0.365 e. The lowest BCUT2D eigenvalue weighted by molar-refractivity contribution is 0.0747. The van der Waals surface area contributed by atoms with Crippen LogP contribution in [-0.4, -0.2) is 47.7 Å². The highest BCUT2D eigenvalue weighted by molar-refractivity contribution is 7.22. The monoisotopic (exact) mass is 427 g/mol. The molecule has 8 heteroatoms. The average Bonchev–Trinajstić information content (AvgIpc) is 3.15. The number of hydrogen-bond donors (Lipinski definition) is 1. The number of thiazole rings is 1. The largest absolute Gasteiger partial charge is 0.365 e. The molecule has 0 atom stereocenters. The zero-order valence-electron chi connectivity index (χ0n) is 16.4. The lowest BCUT2D eigenvalue weighted by Gasteiger charge is -2.36. The predicted molar refractivity (Wildman–Crippen MR) is 122 cm³/mol. The third-order valence-electron chi connectivity index (χ3n) is 4.76. The molecule has 4 rings (SSSR count). The van der Waals surface area contributed by atoms with Gasteiger partial charge in [-0.25, -0.2) is 4.98 Å². The van der Waals surface area contributed by atoms with E-state index in [4.69, 9.17) is 16.6 Å². The fraction of sp³-hybridized carbons (Fsp3) is 0.286. The minimum atomic E-state index is 0.0718. The maximum Gasteiger partial charge on any atom is 0.253 e. The summed E-state index contributed by atoms with van der Waals surface area (Å²) >= 11 is 8.11. The molecule has 6 nitrogen and oxygen atoms in total. The summed E-state index contributed by atoms with van der Waals surface area (Å²) < 4.78 is 1.05. The van der Waals surface area contributed by atoms with Crippen LogP contribution in [0.25, 0.3) is 10.2 Å². The molecule has 1 amide bonds. The molecule has 1 fully saturated rings. The van der Waals surface area contributed by atoms with Crippen LogP contribution >= 0.6 is 22.9 Å². The summed E-state index contributed by atoms with van der Waals surface area (Å²) in [6, 6.07) is 13.3. The highest BCUT2D eigenvalue weighted by Gasteiger charge is 2.25. The summed E-state index contributed by atoms with van der Waals surface area (Å²) in [5, 5.41) is 5.65. The van der Waals surface area contributed by atoms with Gasteiger partial charge in [0.05, 0.1) is 15.4 Å². The number of benzene rings is 2. The summed E-state index contributed by atoms with van der Waals surface area (Å²) in [5.41, 5.74) is 6.46. The van der Waals surface area contributed by atoms with Crippen LogP contribution in [0.3, 0.4) is 0 Å². The second-order valence-corrected chi connectivity index (χ2v) is 8.52. The van der Waals surface area contributed by atoms with Crippen molar-refractivity contribution in [3.05, 3.63) is 53.1 Å². The van der Waals surface area contributed by atoms with Gasteiger partial charge in [-0.1, -0.05) is 41.1 Å². The first kappa shape index (κ1) is 19.7. The van der Waals surface area contributed by atoms with E-state index < -0.39 is 0 Å². The van der Waals surface area contributed by atoms with E-state index in [1.807, 2.05) is 61.2 Å². The zero-order chi connectivity index (χ0) is 20.4. The maximum absolute atomic E-state index is 12.7. The fourth-order valence-electron chi connectivity index (χ4n) is 3.36. The van der Waals surface area contributed by atoms with E-state index in [-0.39, 0.29) is 5.91 Å². The van der Waals surface area contributed by atoms with Crippen molar-refractivity contribution < 1.29 is 4.79 Å². The molecule has 29 heavy (non-hydrogen) atoms. The normalized spacial score (nSPS) is 14.2. The second kappa shape index (κ2) is 8.39. The van der Waals surface area contributed by atoms with Crippen molar-refractivity contribution in [2.24, 2.45) is 5.10 Å². The molecule has 0 unspecified atom stereocenters. The third kappa shape index (κ3) is 4.21. The Balaban J connectivity index is 1.54. The number of anilines is 2. The molecule has 3 aromatic rings. The first-order valence-electron chi connectivity index (χ1n) is 9.48. The molecule has 2 heterocycles. The molecule has 0 radical (unpaired) electrons. The van der Waals surface area contributed by atoms with E-state index in [0.717, 1.165) is 32.3 Å². The molecule has 1 saturated heterocycles. The van der Waals surface area contributed by atoms with Crippen molar-refractivity contribution in [2.45, 2.75) is 13.8 Å². The number of piperazine rings is 1. The number of rotatable bonds is 4. The number of carbonyl (C=O) groups is 1. The number of halogens is 1. The van der Waals surface area contributed by atoms with Crippen molar-refractivity contribution in [1.82, 2.24) is 9.88 Å². The third-order valence-corrected chi connectivity index (χ3v) is 5.99. The van der Waals surface area contributed by atoms with Gasteiger partial charge in [0.1, 0.15) is 5.52 Å². The zero-order valence-corrected chi connectivity index (χ0v) is 17.9. The summed E-state index contributed by atoms with van der Waals surface area (Å²) in [6.07, 6.45) is 0. The van der Waals surface area contributed by atoms with Crippen molar-refractivity contribution >= 4 is 55.6 Å². The molecule has 150 valence electrons. The number of carbonyl (C=O) groups excluding carboxylic acids is 1. The highest BCUT2D eigenvalue weighted by Crippen LogP contribution is 2.38. The van der Waals surface area contributed by atoms with E-state index in [1.54, 1.807) is 11.3 Å². The summed E-state index contributed by atoms with van der Waals surface area (Å²) in [7, 11) is 0. The van der Waals surface area contributed by atoms with E-state index in [9.17, 15) is 4.79 Å². The minimum absolute atomic E-state index is 0.0718. The van der Waals surface area contributed by atoms with Gasteiger partial charge in [-0.05, 0) is 38.1 Å². The smallest absolute Gasteiger partial charge is 0.253 e. The summed E-state index contributed by atoms with van der Waals surface area (Å²) in [5.74, 6) is 0.0718. The molecule has 1 aliphatic rings.